The molecule has 0 atom stereocenters. The second-order valence-corrected chi connectivity index (χ2v) is 15.3. The fourth-order valence-corrected chi connectivity index (χ4v) is 10.8. The van der Waals surface area contributed by atoms with Crippen molar-refractivity contribution in [2.75, 3.05) is 6.54 Å². The molecular weight excluding hydrogens is 185 g/mol. The van der Waals surface area contributed by atoms with Crippen molar-refractivity contribution in [2.45, 2.75) is 39.3 Å². The molecule has 4 heteroatoms. The SMILES string of the molecule is C#CCN([Si](C)(C)C)[Si](C)(C)C.[LiH]. The number of terminal acetylenes is 1. The van der Waals surface area contributed by atoms with Crippen molar-refractivity contribution in [3.05, 3.63) is 0 Å². The van der Waals surface area contributed by atoms with Gasteiger partial charge in [0, 0.05) is 6.54 Å². The molecule has 0 bridgehead atoms. The van der Waals surface area contributed by atoms with Crippen LogP contribution >= 0.6 is 0 Å². The second kappa shape index (κ2) is 5.44. The first kappa shape index (κ1) is 16.0. The van der Waals surface area contributed by atoms with E-state index in [4.69, 9.17) is 6.42 Å². The van der Waals surface area contributed by atoms with E-state index in [0.717, 1.165) is 6.54 Å². The van der Waals surface area contributed by atoms with Gasteiger partial charge in [-0.1, -0.05) is 45.2 Å². The van der Waals surface area contributed by atoms with E-state index in [2.05, 4.69) is 49.4 Å². The molecule has 72 valence electrons. The quantitative estimate of drug-likeness (QED) is 0.505. The van der Waals surface area contributed by atoms with E-state index in [0.29, 0.717) is 0 Å². The minimum absolute atomic E-state index is 0. The van der Waals surface area contributed by atoms with Gasteiger partial charge >= 0.3 is 18.9 Å². The molecule has 0 rings (SSSR count). The maximum absolute atomic E-state index is 5.38. The third kappa shape index (κ3) is 5.78. The molecule has 0 radical (unpaired) electrons. The van der Waals surface area contributed by atoms with Gasteiger partial charge in [-0.3, -0.25) is 0 Å². The summed E-state index contributed by atoms with van der Waals surface area (Å²) in [4.78, 5) is 0. The van der Waals surface area contributed by atoms with Crippen LogP contribution in [0.5, 0.6) is 0 Å². The first-order valence-electron chi connectivity index (χ1n) is 4.41. The third-order valence-corrected chi connectivity index (χ3v) is 9.45. The molecule has 0 heterocycles. The predicted octanol–water partition coefficient (Wildman–Crippen LogP) is 1.94. The Morgan fingerprint density at radius 3 is 1.38 bits per heavy atom. The summed E-state index contributed by atoms with van der Waals surface area (Å²) < 4.78 is 2.60. The number of hydrogen-bond donors (Lipinski definition) is 0. The van der Waals surface area contributed by atoms with Crippen LogP contribution in [0.15, 0.2) is 0 Å². The van der Waals surface area contributed by atoms with Gasteiger partial charge < -0.3 is 4.23 Å². The Labute approximate surface area is 97.6 Å². The number of rotatable bonds is 3. The third-order valence-electron chi connectivity index (χ3n) is 1.87. The van der Waals surface area contributed by atoms with Crippen LogP contribution in [0.3, 0.4) is 0 Å². The van der Waals surface area contributed by atoms with Crippen LogP contribution in [0, 0.1) is 12.3 Å². The molecule has 0 aromatic carbocycles. The van der Waals surface area contributed by atoms with Crippen LogP contribution in [-0.4, -0.2) is 46.1 Å². The van der Waals surface area contributed by atoms with Crippen molar-refractivity contribution in [1.82, 2.24) is 4.23 Å². The summed E-state index contributed by atoms with van der Waals surface area (Å²) in [5.41, 5.74) is 0. The summed E-state index contributed by atoms with van der Waals surface area (Å²) in [6.45, 7) is 15.0. The van der Waals surface area contributed by atoms with Gasteiger partial charge in [0.25, 0.3) is 0 Å². The predicted molar refractivity (Wildman–Crippen MR) is 69.4 cm³/mol. The first-order valence-corrected chi connectivity index (χ1v) is 11.3. The Morgan fingerprint density at radius 1 is 1.00 bits per heavy atom. The molecule has 0 amide bonds. The summed E-state index contributed by atoms with van der Waals surface area (Å²) in [5.74, 6) is 2.78. The van der Waals surface area contributed by atoms with Gasteiger partial charge in [-0.05, 0) is 0 Å². The fourth-order valence-electron chi connectivity index (χ4n) is 1.57. The van der Waals surface area contributed by atoms with Crippen LogP contribution in [0.25, 0.3) is 0 Å². The summed E-state index contributed by atoms with van der Waals surface area (Å²) in [6, 6.07) is 0. The molecule has 13 heavy (non-hydrogen) atoms. The number of hydrogen-bond acceptors (Lipinski definition) is 1. The van der Waals surface area contributed by atoms with Crippen LogP contribution in [0.4, 0.5) is 0 Å². The molecule has 0 aliphatic heterocycles. The van der Waals surface area contributed by atoms with Crippen LogP contribution in [0.2, 0.25) is 39.3 Å². The first-order chi connectivity index (χ1) is 5.19. The molecule has 1 nitrogen and oxygen atoms in total. The van der Waals surface area contributed by atoms with E-state index in [9.17, 15) is 0 Å². The summed E-state index contributed by atoms with van der Waals surface area (Å²) in [5, 5.41) is 0. The van der Waals surface area contributed by atoms with Crippen LogP contribution in [0.1, 0.15) is 0 Å². The normalized spacial score (nSPS) is 12.2. The van der Waals surface area contributed by atoms with E-state index in [1.807, 2.05) is 0 Å². The molecule has 0 aliphatic rings. The Hall–Kier alpha value is 0.551. The maximum atomic E-state index is 5.38. The molecule has 0 aromatic rings. The molecular formula is C9H22LiNSi2. The monoisotopic (exact) mass is 207 g/mol. The van der Waals surface area contributed by atoms with Crippen molar-refractivity contribution in [3.63, 3.8) is 0 Å². The molecule has 0 saturated carbocycles. The zero-order chi connectivity index (χ0) is 9.99. The van der Waals surface area contributed by atoms with Crippen molar-refractivity contribution in [1.29, 1.82) is 0 Å². The minimum atomic E-state index is -1.19. The fraction of sp³-hybridized carbons (Fsp3) is 0.778. The van der Waals surface area contributed by atoms with Gasteiger partial charge in [0.1, 0.15) is 16.5 Å². The van der Waals surface area contributed by atoms with Crippen molar-refractivity contribution in [3.8, 4) is 12.3 Å². The standard InChI is InChI=1S/C9H21NSi2.Li.H/c1-8-9-10(11(2,3)4)12(5,6)7;;/h1H,9H2,2-7H3;;. The summed E-state index contributed by atoms with van der Waals surface area (Å²) >= 11 is 0. The van der Waals surface area contributed by atoms with Gasteiger partial charge in [0.2, 0.25) is 0 Å². The van der Waals surface area contributed by atoms with E-state index in [1.54, 1.807) is 0 Å². The Balaban J connectivity index is 0. The Morgan fingerprint density at radius 2 is 1.31 bits per heavy atom. The van der Waals surface area contributed by atoms with Gasteiger partial charge in [-0.2, -0.15) is 0 Å². The van der Waals surface area contributed by atoms with E-state index < -0.39 is 16.5 Å². The second-order valence-electron chi connectivity index (χ2n) is 5.13. The van der Waals surface area contributed by atoms with Crippen molar-refractivity contribution in [2.24, 2.45) is 0 Å². The summed E-state index contributed by atoms with van der Waals surface area (Å²) in [6.07, 6.45) is 5.38. The molecule has 0 spiro atoms. The molecule has 0 aliphatic carbocycles. The van der Waals surface area contributed by atoms with Crippen LogP contribution in [-0.2, 0) is 0 Å². The Bertz CT molecular complexity index is 171. The molecule has 0 unspecified atom stereocenters. The molecule has 0 fully saturated rings. The van der Waals surface area contributed by atoms with Gasteiger partial charge in [0.05, 0.1) is 0 Å². The zero-order valence-corrected chi connectivity index (χ0v) is 11.2. The van der Waals surface area contributed by atoms with Gasteiger partial charge in [0.15, 0.2) is 0 Å². The van der Waals surface area contributed by atoms with Gasteiger partial charge in [-0.25, -0.2) is 0 Å². The van der Waals surface area contributed by atoms with Gasteiger partial charge in [-0.15, -0.1) is 6.42 Å². The average Bonchev–Trinajstić information content (AvgIpc) is 1.77. The van der Waals surface area contributed by atoms with Crippen LogP contribution < -0.4 is 0 Å². The van der Waals surface area contributed by atoms with Crippen molar-refractivity contribution >= 4 is 35.3 Å². The Kier molecular flexibility index (Phi) is 6.69. The molecule has 0 N–H and O–H groups in total. The van der Waals surface area contributed by atoms with Crippen molar-refractivity contribution < 1.29 is 0 Å². The van der Waals surface area contributed by atoms with E-state index >= 15 is 0 Å². The average molecular weight is 207 g/mol. The number of nitrogens with zero attached hydrogens (tertiary/aromatic N) is 1. The van der Waals surface area contributed by atoms with E-state index in [1.165, 1.54) is 0 Å². The molecule has 0 saturated heterocycles. The summed E-state index contributed by atoms with van der Waals surface area (Å²) in [7, 11) is -2.38. The zero-order valence-electron chi connectivity index (χ0n) is 9.23. The molecule has 0 aromatic heterocycles. The van der Waals surface area contributed by atoms with E-state index in [-0.39, 0.29) is 18.9 Å². The topological polar surface area (TPSA) is 3.24 Å².